The van der Waals surface area contributed by atoms with Crippen molar-refractivity contribution >= 4 is 32.4 Å². The molecule has 0 saturated heterocycles. The Morgan fingerprint density at radius 3 is 2.47 bits per heavy atom. The van der Waals surface area contributed by atoms with E-state index in [1.807, 2.05) is 19.1 Å². The maximum atomic E-state index is 13.2. The number of rotatable bonds is 8. The van der Waals surface area contributed by atoms with E-state index in [9.17, 15) is 13.2 Å². The lowest BCUT2D eigenvalue weighted by Gasteiger charge is -2.19. The molecule has 0 unspecified atom stereocenters. The number of nitrogens with one attached hydrogen (secondary N) is 1. The Kier molecular flexibility index (Phi) is 6.59. The van der Waals surface area contributed by atoms with E-state index < -0.39 is 15.9 Å². The molecule has 158 valence electrons. The van der Waals surface area contributed by atoms with Crippen molar-refractivity contribution in [2.45, 2.75) is 11.8 Å². The van der Waals surface area contributed by atoms with E-state index in [-0.39, 0.29) is 11.4 Å². The number of carbonyl (C=O) groups is 1. The highest BCUT2D eigenvalue weighted by atomic mass is 32.2. The third kappa shape index (κ3) is 4.55. The summed E-state index contributed by atoms with van der Waals surface area (Å²) >= 11 is 0. The molecule has 3 rings (SSSR count). The van der Waals surface area contributed by atoms with Crippen LogP contribution in [-0.2, 0) is 14.8 Å². The molecule has 0 bridgehead atoms. The van der Waals surface area contributed by atoms with Gasteiger partial charge in [-0.3, -0.25) is 4.79 Å². The van der Waals surface area contributed by atoms with Crippen molar-refractivity contribution in [1.82, 2.24) is 4.31 Å². The molecule has 0 fully saturated rings. The summed E-state index contributed by atoms with van der Waals surface area (Å²) in [6, 6.07) is 17.1. The number of sulfonamides is 1. The van der Waals surface area contributed by atoms with Gasteiger partial charge in [-0.15, -0.1) is 0 Å². The molecule has 3 aromatic carbocycles. The summed E-state index contributed by atoms with van der Waals surface area (Å²) in [5.74, 6) is 0.754. The quantitative estimate of drug-likeness (QED) is 0.594. The van der Waals surface area contributed by atoms with E-state index in [1.54, 1.807) is 42.5 Å². The first-order valence-corrected chi connectivity index (χ1v) is 10.9. The standard InChI is InChI=1S/C22H24N2O5S/c1-4-29-20-12-13-21(19-11-6-5-10-18(19)20)30(26,27)24(2)15-22(25)23-16-8-7-9-17(14-16)28-3/h5-14H,4,15H2,1-3H3,(H,23,25). The largest absolute Gasteiger partial charge is 0.497 e. The summed E-state index contributed by atoms with van der Waals surface area (Å²) < 4.78 is 38.2. The molecule has 0 atom stereocenters. The van der Waals surface area contributed by atoms with E-state index in [1.165, 1.54) is 20.2 Å². The first kappa shape index (κ1) is 21.6. The number of carbonyl (C=O) groups excluding carboxylic acids is 1. The zero-order chi connectivity index (χ0) is 21.7. The van der Waals surface area contributed by atoms with Crippen LogP contribution in [0.2, 0.25) is 0 Å². The second-order valence-electron chi connectivity index (χ2n) is 6.58. The molecule has 0 saturated carbocycles. The van der Waals surface area contributed by atoms with E-state index in [2.05, 4.69) is 5.32 Å². The Morgan fingerprint density at radius 2 is 1.77 bits per heavy atom. The number of ether oxygens (including phenoxy) is 2. The van der Waals surface area contributed by atoms with E-state index in [4.69, 9.17) is 9.47 Å². The number of anilines is 1. The summed E-state index contributed by atoms with van der Waals surface area (Å²) in [4.78, 5) is 12.5. The summed E-state index contributed by atoms with van der Waals surface area (Å²) in [5, 5.41) is 3.94. The summed E-state index contributed by atoms with van der Waals surface area (Å²) in [6.45, 7) is 2.01. The topological polar surface area (TPSA) is 84.9 Å². The van der Waals surface area contributed by atoms with Gasteiger partial charge in [0.15, 0.2) is 0 Å². The molecule has 1 amide bonds. The summed E-state index contributed by atoms with van der Waals surface area (Å²) in [7, 11) is -0.994. The fraction of sp³-hybridized carbons (Fsp3) is 0.227. The van der Waals surface area contributed by atoms with Gasteiger partial charge >= 0.3 is 0 Å². The van der Waals surface area contributed by atoms with Crippen LogP contribution in [0.3, 0.4) is 0 Å². The molecular formula is C22H24N2O5S. The molecule has 0 aliphatic carbocycles. The molecule has 0 aliphatic heterocycles. The molecule has 30 heavy (non-hydrogen) atoms. The van der Waals surface area contributed by atoms with Crippen LogP contribution in [0.1, 0.15) is 6.92 Å². The van der Waals surface area contributed by atoms with Gasteiger partial charge in [0.2, 0.25) is 15.9 Å². The Balaban J connectivity index is 1.84. The third-order valence-electron chi connectivity index (χ3n) is 4.55. The molecule has 0 aliphatic rings. The van der Waals surface area contributed by atoms with Gasteiger partial charge in [0.05, 0.1) is 25.2 Å². The third-order valence-corrected chi connectivity index (χ3v) is 6.41. The van der Waals surface area contributed by atoms with E-state index in [0.717, 1.165) is 4.31 Å². The minimum atomic E-state index is -3.91. The zero-order valence-electron chi connectivity index (χ0n) is 17.1. The van der Waals surface area contributed by atoms with Crippen molar-refractivity contribution < 1.29 is 22.7 Å². The average Bonchev–Trinajstić information content (AvgIpc) is 2.74. The first-order chi connectivity index (χ1) is 14.4. The fourth-order valence-corrected chi connectivity index (χ4v) is 4.43. The van der Waals surface area contributed by atoms with Gasteiger partial charge < -0.3 is 14.8 Å². The highest BCUT2D eigenvalue weighted by Crippen LogP contribution is 2.32. The van der Waals surface area contributed by atoms with Gasteiger partial charge in [-0.05, 0) is 31.2 Å². The molecule has 0 spiro atoms. The van der Waals surface area contributed by atoms with Gasteiger partial charge in [-0.25, -0.2) is 8.42 Å². The van der Waals surface area contributed by atoms with Crippen molar-refractivity contribution in [3.05, 3.63) is 60.7 Å². The molecule has 3 aromatic rings. The van der Waals surface area contributed by atoms with Crippen molar-refractivity contribution in [1.29, 1.82) is 0 Å². The van der Waals surface area contributed by atoms with Crippen LogP contribution in [0.15, 0.2) is 65.6 Å². The minimum absolute atomic E-state index is 0.123. The number of methoxy groups -OCH3 is 1. The van der Waals surface area contributed by atoms with Crippen LogP contribution in [0.25, 0.3) is 10.8 Å². The maximum Gasteiger partial charge on any atom is 0.243 e. The van der Waals surface area contributed by atoms with Crippen molar-refractivity contribution in [2.24, 2.45) is 0 Å². The molecule has 0 heterocycles. The van der Waals surface area contributed by atoms with Crippen molar-refractivity contribution in [3.63, 3.8) is 0 Å². The lowest BCUT2D eigenvalue weighted by atomic mass is 10.1. The second kappa shape index (κ2) is 9.15. The number of amides is 1. The summed E-state index contributed by atoms with van der Waals surface area (Å²) in [6.07, 6.45) is 0. The van der Waals surface area contributed by atoms with Crippen LogP contribution in [-0.4, -0.2) is 45.9 Å². The van der Waals surface area contributed by atoms with Gasteiger partial charge in [0.1, 0.15) is 11.5 Å². The molecule has 7 nitrogen and oxygen atoms in total. The number of hydrogen-bond acceptors (Lipinski definition) is 5. The lowest BCUT2D eigenvalue weighted by molar-refractivity contribution is -0.116. The van der Waals surface area contributed by atoms with E-state index in [0.29, 0.717) is 34.6 Å². The van der Waals surface area contributed by atoms with E-state index >= 15 is 0 Å². The smallest absolute Gasteiger partial charge is 0.243 e. The first-order valence-electron chi connectivity index (χ1n) is 9.41. The number of benzene rings is 3. The van der Waals surface area contributed by atoms with Gasteiger partial charge in [0, 0.05) is 29.6 Å². The van der Waals surface area contributed by atoms with Crippen LogP contribution >= 0.6 is 0 Å². The highest BCUT2D eigenvalue weighted by Gasteiger charge is 2.26. The van der Waals surface area contributed by atoms with Crippen molar-refractivity contribution in [2.75, 3.05) is 32.6 Å². The second-order valence-corrected chi connectivity index (χ2v) is 8.59. The van der Waals surface area contributed by atoms with Crippen molar-refractivity contribution in [3.8, 4) is 11.5 Å². The fourth-order valence-electron chi connectivity index (χ4n) is 3.11. The van der Waals surface area contributed by atoms with Crippen LogP contribution in [0.5, 0.6) is 11.5 Å². The molecule has 1 N–H and O–H groups in total. The SMILES string of the molecule is CCOc1ccc(S(=O)(=O)N(C)CC(=O)Nc2cccc(OC)c2)c2ccccc12. The zero-order valence-corrected chi connectivity index (χ0v) is 17.9. The predicted molar refractivity (Wildman–Crippen MR) is 117 cm³/mol. The highest BCUT2D eigenvalue weighted by molar-refractivity contribution is 7.89. The maximum absolute atomic E-state index is 13.2. The number of hydrogen-bond donors (Lipinski definition) is 1. The average molecular weight is 429 g/mol. The Hall–Kier alpha value is -3.10. The number of nitrogens with zero attached hydrogens (tertiary/aromatic N) is 1. The molecule has 8 heteroatoms. The van der Waals surface area contributed by atoms with Gasteiger partial charge in [-0.2, -0.15) is 4.31 Å². The molecule has 0 aromatic heterocycles. The lowest BCUT2D eigenvalue weighted by Crippen LogP contribution is -2.35. The van der Waals surface area contributed by atoms with Crippen LogP contribution in [0.4, 0.5) is 5.69 Å². The monoisotopic (exact) mass is 428 g/mol. The summed E-state index contributed by atoms with van der Waals surface area (Å²) in [5.41, 5.74) is 0.525. The molecule has 0 radical (unpaired) electrons. The van der Waals surface area contributed by atoms with Crippen LogP contribution < -0.4 is 14.8 Å². The van der Waals surface area contributed by atoms with Gasteiger partial charge in [0.25, 0.3) is 0 Å². The normalized spacial score (nSPS) is 11.5. The number of fused-ring (bicyclic) bond motifs is 1. The Bertz CT molecular complexity index is 1160. The molecular weight excluding hydrogens is 404 g/mol. The minimum Gasteiger partial charge on any atom is -0.497 e. The predicted octanol–water partition coefficient (Wildman–Crippen LogP) is 3.51. The van der Waals surface area contributed by atoms with Crippen LogP contribution in [0, 0.1) is 0 Å². The Morgan fingerprint density at radius 1 is 1.03 bits per heavy atom. The van der Waals surface area contributed by atoms with Gasteiger partial charge in [-0.1, -0.05) is 30.3 Å². The Labute approximate surface area is 176 Å². The number of likely N-dealkylation sites (N-methyl/N-ethyl adjacent to an activating group) is 1.